The van der Waals surface area contributed by atoms with Crippen LogP contribution < -0.4 is 14.4 Å². The van der Waals surface area contributed by atoms with Crippen molar-refractivity contribution in [3.63, 3.8) is 0 Å². The van der Waals surface area contributed by atoms with Gasteiger partial charge in [0.15, 0.2) is 5.65 Å². The molecule has 0 N–H and O–H groups in total. The first-order valence-electron chi connectivity index (χ1n) is 6.64. The number of anilines is 1. The Morgan fingerprint density at radius 3 is 2.79 bits per heavy atom. The predicted molar refractivity (Wildman–Crippen MR) is 72.2 cm³/mol. The molecule has 2 aromatic rings. The van der Waals surface area contributed by atoms with Crippen LogP contribution in [0.1, 0.15) is 19.8 Å². The average Bonchev–Trinajstić information content (AvgIpc) is 3.08. The number of imidazole rings is 1. The third-order valence-electron chi connectivity index (χ3n) is 3.35. The minimum Gasteiger partial charge on any atom is -0.487 e. The first kappa shape index (κ1) is 12.1. The van der Waals surface area contributed by atoms with Crippen molar-refractivity contribution in [2.75, 3.05) is 31.7 Å². The minimum atomic E-state index is 0.509. The fourth-order valence-corrected chi connectivity index (χ4v) is 2.53. The van der Waals surface area contributed by atoms with Gasteiger partial charge in [-0.25, -0.2) is 9.50 Å². The summed E-state index contributed by atoms with van der Waals surface area (Å²) in [4.78, 5) is 6.71. The maximum absolute atomic E-state index is 5.77. The number of rotatable bonds is 4. The van der Waals surface area contributed by atoms with Crippen molar-refractivity contribution in [2.45, 2.75) is 19.8 Å². The summed E-state index contributed by atoms with van der Waals surface area (Å²) in [5, 5.41) is 4.38. The molecule has 1 aliphatic heterocycles. The lowest BCUT2D eigenvalue weighted by atomic mass is 10.3. The van der Waals surface area contributed by atoms with Crippen LogP contribution in [0, 0.1) is 0 Å². The van der Waals surface area contributed by atoms with E-state index in [-0.39, 0.29) is 0 Å². The minimum absolute atomic E-state index is 0.509. The molecule has 0 spiro atoms. The first-order valence-corrected chi connectivity index (χ1v) is 6.64. The molecule has 3 heterocycles. The van der Waals surface area contributed by atoms with Gasteiger partial charge in [0, 0.05) is 25.5 Å². The van der Waals surface area contributed by atoms with E-state index in [2.05, 4.69) is 15.0 Å². The molecule has 1 saturated heterocycles. The molecule has 6 nitrogen and oxygen atoms in total. The summed E-state index contributed by atoms with van der Waals surface area (Å²) in [6, 6.07) is 0. The maximum Gasteiger partial charge on any atom is 0.276 e. The third-order valence-corrected chi connectivity index (χ3v) is 3.35. The topological polar surface area (TPSA) is 51.9 Å². The molecule has 1 aliphatic rings. The molecule has 0 bridgehead atoms. The highest BCUT2D eigenvalue weighted by atomic mass is 16.5. The van der Waals surface area contributed by atoms with Crippen LogP contribution in [0.25, 0.3) is 5.65 Å². The lowest BCUT2D eigenvalue weighted by Gasteiger charge is -2.22. The highest BCUT2D eigenvalue weighted by Gasteiger charge is 2.25. The van der Waals surface area contributed by atoms with Crippen molar-refractivity contribution >= 4 is 11.3 Å². The number of methoxy groups -OCH3 is 1. The van der Waals surface area contributed by atoms with Gasteiger partial charge in [-0.2, -0.15) is 0 Å². The van der Waals surface area contributed by atoms with E-state index in [0.29, 0.717) is 18.2 Å². The lowest BCUT2D eigenvalue weighted by Crippen LogP contribution is -2.21. The van der Waals surface area contributed by atoms with Crippen molar-refractivity contribution in [1.82, 2.24) is 14.6 Å². The van der Waals surface area contributed by atoms with Gasteiger partial charge in [0.25, 0.3) is 5.88 Å². The maximum atomic E-state index is 5.77. The van der Waals surface area contributed by atoms with Gasteiger partial charge < -0.3 is 14.4 Å². The van der Waals surface area contributed by atoms with Gasteiger partial charge in [-0.3, -0.25) is 0 Å². The zero-order chi connectivity index (χ0) is 13.2. The molecule has 0 saturated carbocycles. The van der Waals surface area contributed by atoms with Crippen LogP contribution in [0.2, 0.25) is 0 Å². The summed E-state index contributed by atoms with van der Waals surface area (Å²) in [6.07, 6.45) is 5.97. The second-order valence-corrected chi connectivity index (χ2v) is 4.51. The van der Waals surface area contributed by atoms with Crippen LogP contribution in [0.5, 0.6) is 11.6 Å². The number of fused-ring (bicyclic) bond motifs is 1. The van der Waals surface area contributed by atoms with Crippen molar-refractivity contribution < 1.29 is 9.47 Å². The van der Waals surface area contributed by atoms with Crippen LogP contribution in [-0.4, -0.2) is 41.4 Å². The Labute approximate surface area is 111 Å². The van der Waals surface area contributed by atoms with Crippen molar-refractivity contribution in [3.05, 3.63) is 12.4 Å². The number of nitrogens with zero attached hydrogens (tertiary/aromatic N) is 4. The molecule has 0 amide bonds. The van der Waals surface area contributed by atoms with Gasteiger partial charge in [-0.15, -0.1) is 5.10 Å². The van der Waals surface area contributed by atoms with Crippen molar-refractivity contribution in [3.8, 4) is 11.6 Å². The summed E-state index contributed by atoms with van der Waals surface area (Å²) in [5.41, 5.74) is 1.82. The van der Waals surface area contributed by atoms with E-state index >= 15 is 0 Å². The number of hydrogen-bond acceptors (Lipinski definition) is 5. The van der Waals surface area contributed by atoms with E-state index in [9.17, 15) is 0 Å². The zero-order valence-corrected chi connectivity index (χ0v) is 11.3. The highest BCUT2D eigenvalue weighted by molar-refractivity contribution is 5.78. The molecule has 0 aromatic carbocycles. The van der Waals surface area contributed by atoms with E-state index in [1.54, 1.807) is 17.8 Å². The Balaban J connectivity index is 2.22. The molecule has 2 aromatic heterocycles. The molecule has 19 heavy (non-hydrogen) atoms. The summed E-state index contributed by atoms with van der Waals surface area (Å²) >= 11 is 0. The van der Waals surface area contributed by atoms with Crippen molar-refractivity contribution in [2.24, 2.45) is 0 Å². The molecule has 102 valence electrons. The molecule has 0 radical (unpaired) electrons. The normalized spacial score (nSPS) is 15.2. The van der Waals surface area contributed by atoms with E-state index < -0.39 is 0 Å². The Bertz CT molecular complexity index is 575. The number of ether oxygens (including phenoxy) is 2. The van der Waals surface area contributed by atoms with Gasteiger partial charge >= 0.3 is 0 Å². The van der Waals surface area contributed by atoms with Crippen LogP contribution >= 0.6 is 0 Å². The zero-order valence-electron chi connectivity index (χ0n) is 11.3. The van der Waals surface area contributed by atoms with Gasteiger partial charge in [-0.05, 0) is 19.8 Å². The van der Waals surface area contributed by atoms with Crippen LogP contribution in [0.4, 0.5) is 5.69 Å². The summed E-state index contributed by atoms with van der Waals surface area (Å²) in [7, 11) is 1.61. The van der Waals surface area contributed by atoms with Crippen LogP contribution in [0.15, 0.2) is 12.4 Å². The largest absolute Gasteiger partial charge is 0.487 e. The molecular formula is C13H18N4O2. The number of aromatic nitrogens is 3. The third kappa shape index (κ3) is 1.97. The summed E-state index contributed by atoms with van der Waals surface area (Å²) < 4.78 is 12.9. The monoisotopic (exact) mass is 262 g/mol. The van der Waals surface area contributed by atoms with Gasteiger partial charge in [0.2, 0.25) is 5.75 Å². The second kappa shape index (κ2) is 4.95. The van der Waals surface area contributed by atoms with Crippen LogP contribution in [0.3, 0.4) is 0 Å². The number of hydrogen-bond donors (Lipinski definition) is 0. The molecule has 0 aliphatic carbocycles. The highest BCUT2D eigenvalue weighted by Crippen LogP contribution is 2.40. The molecule has 6 heteroatoms. The Morgan fingerprint density at radius 2 is 2.11 bits per heavy atom. The van der Waals surface area contributed by atoms with Gasteiger partial charge in [0.05, 0.1) is 13.7 Å². The lowest BCUT2D eigenvalue weighted by molar-refractivity contribution is 0.301. The van der Waals surface area contributed by atoms with Gasteiger partial charge in [0.1, 0.15) is 5.69 Å². The second-order valence-electron chi connectivity index (χ2n) is 4.51. The van der Waals surface area contributed by atoms with Gasteiger partial charge in [-0.1, -0.05) is 0 Å². The fourth-order valence-electron chi connectivity index (χ4n) is 2.53. The molecule has 1 fully saturated rings. The Hall–Kier alpha value is -1.98. The van der Waals surface area contributed by atoms with E-state index in [4.69, 9.17) is 9.47 Å². The van der Waals surface area contributed by atoms with E-state index in [1.165, 1.54) is 12.8 Å². The predicted octanol–water partition coefficient (Wildman–Crippen LogP) is 1.74. The first-order chi connectivity index (χ1) is 9.35. The van der Waals surface area contributed by atoms with E-state index in [0.717, 1.165) is 24.4 Å². The average molecular weight is 262 g/mol. The molecule has 0 unspecified atom stereocenters. The molecule has 0 atom stereocenters. The molecular weight excluding hydrogens is 244 g/mol. The summed E-state index contributed by atoms with van der Waals surface area (Å²) in [6.45, 7) is 4.59. The van der Waals surface area contributed by atoms with E-state index in [1.807, 2.05) is 13.1 Å². The Kier molecular flexibility index (Phi) is 3.15. The fraction of sp³-hybridized carbons (Fsp3) is 0.538. The van der Waals surface area contributed by atoms with Crippen molar-refractivity contribution in [1.29, 1.82) is 0 Å². The SMILES string of the molecule is CCOc1c(OC)nn2ccnc2c1N1CCCC1. The quantitative estimate of drug-likeness (QED) is 0.840. The molecule has 3 rings (SSSR count). The summed E-state index contributed by atoms with van der Waals surface area (Å²) in [5.74, 6) is 1.21. The smallest absolute Gasteiger partial charge is 0.276 e. The Morgan fingerprint density at radius 1 is 1.32 bits per heavy atom. The standard InChI is InChI=1S/C13H18N4O2/c1-3-19-11-10(16-7-4-5-8-16)12-14-6-9-17(12)15-13(11)18-2/h6,9H,3-5,7-8H2,1-2H3. The van der Waals surface area contributed by atoms with Crippen LogP contribution in [-0.2, 0) is 0 Å².